The second-order valence-electron chi connectivity index (χ2n) is 6.97. The molecular formula is C19H26F2N2O3. The predicted molar refractivity (Wildman–Crippen MR) is 93.6 cm³/mol. The molecule has 2 fully saturated rings. The number of hydrogen-bond donors (Lipinski definition) is 1. The van der Waals surface area contributed by atoms with Crippen LogP contribution in [0.2, 0.25) is 0 Å². The fourth-order valence-corrected chi connectivity index (χ4v) is 3.86. The van der Waals surface area contributed by atoms with E-state index in [4.69, 9.17) is 4.74 Å². The summed E-state index contributed by atoms with van der Waals surface area (Å²) in [7, 11) is 0. The number of likely N-dealkylation sites (tertiary alicyclic amines) is 1. The van der Waals surface area contributed by atoms with Gasteiger partial charge >= 0.3 is 6.61 Å². The monoisotopic (exact) mass is 368 g/mol. The Morgan fingerprint density at radius 2 is 1.81 bits per heavy atom. The summed E-state index contributed by atoms with van der Waals surface area (Å²) in [6, 6.07) is 5.78. The van der Waals surface area contributed by atoms with E-state index in [1.165, 1.54) is 43.5 Å². The average Bonchev–Trinajstić information content (AvgIpc) is 2.68. The fraction of sp³-hybridized carbons (Fsp3) is 0.632. The van der Waals surface area contributed by atoms with Gasteiger partial charge in [0, 0.05) is 30.9 Å². The molecular weight excluding hydrogens is 342 g/mol. The first kappa shape index (κ1) is 19.0. The first-order valence-electron chi connectivity index (χ1n) is 9.25. The van der Waals surface area contributed by atoms with Gasteiger partial charge in [0.25, 0.3) is 5.91 Å². The normalized spacial score (nSPS) is 20.7. The number of nitrogens with zero attached hydrogens (tertiary/aromatic N) is 1. The molecule has 0 aromatic heterocycles. The van der Waals surface area contributed by atoms with Gasteiger partial charge in [-0.1, -0.05) is 6.42 Å². The molecule has 7 heteroatoms. The third kappa shape index (κ3) is 4.71. The van der Waals surface area contributed by atoms with Crippen LogP contribution in [0, 0.1) is 0 Å². The molecule has 0 radical (unpaired) electrons. The van der Waals surface area contributed by atoms with Crippen molar-refractivity contribution in [1.29, 1.82) is 0 Å². The summed E-state index contributed by atoms with van der Waals surface area (Å²) in [6.45, 7) is 1.26. The third-order valence-corrected chi connectivity index (χ3v) is 5.37. The van der Waals surface area contributed by atoms with E-state index in [1.54, 1.807) is 0 Å². The Morgan fingerprint density at radius 3 is 2.42 bits per heavy atom. The lowest BCUT2D eigenvalue weighted by Gasteiger charge is -2.48. The van der Waals surface area contributed by atoms with Gasteiger partial charge in [-0.3, -0.25) is 9.69 Å². The van der Waals surface area contributed by atoms with Gasteiger partial charge in [0.2, 0.25) is 0 Å². The van der Waals surface area contributed by atoms with Gasteiger partial charge in [-0.15, -0.1) is 0 Å². The molecule has 1 amide bonds. The molecule has 1 aromatic carbocycles. The number of carbonyl (C=O) groups is 1. The molecule has 2 heterocycles. The highest BCUT2D eigenvalue weighted by atomic mass is 19.3. The molecule has 0 saturated carbocycles. The van der Waals surface area contributed by atoms with Crippen molar-refractivity contribution < 1.29 is 23.0 Å². The molecule has 2 aliphatic rings. The zero-order valence-electron chi connectivity index (χ0n) is 14.9. The molecule has 0 atom stereocenters. The summed E-state index contributed by atoms with van der Waals surface area (Å²) in [5, 5.41) is 3.04. The van der Waals surface area contributed by atoms with E-state index in [-0.39, 0.29) is 17.2 Å². The molecule has 26 heavy (non-hydrogen) atoms. The minimum Gasteiger partial charge on any atom is -0.435 e. The number of rotatable bonds is 6. The van der Waals surface area contributed by atoms with Gasteiger partial charge in [0.1, 0.15) is 5.75 Å². The summed E-state index contributed by atoms with van der Waals surface area (Å²) >= 11 is 0. The van der Waals surface area contributed by atoms with E-state index in [9.17, 15) is 13.6 Å². The zero-order chi connectivity index (χ0) is 18.4. The van der Waals surface area contributed by atoms with E-state index in [0.717, 1.165) is 25.9 Å². The summed E-state index contributed by atoms with van der Waals surface area (Å²) in [4.78, 5) is 15.0. The molecule has 1 N–H and O–H groups in total. The second kappa shape index (κ2) is 8.77. The molecule has 0 unspecified atom stereocenters. The molecule has 5 nitrogen and oxygen atoms in total. The first-order chi connectivity index (χ1) is 12.6. The van der Waals surface area contributed by atoms with E-state index in [2.05, 4.69) is 15.0 Å². The minimum atomic E-state index is -2.87. The zero-order valence-corrected chi connectivity index (χ0v) is 14.9. The van der Waals surface area contributed by atoms with Gasteiger partial charge in [-0.25, -0.2) is 0 Å². The van der Waals surface area contributed by atoms with Crippen molar-refractivity contribution in [3.63, 3.8) is 0 Å². The highest BCUT2D eigenvalue weighted by molar-refractivity contribution is 5.94. The van der Waals surface area contributed by atoms with Gasteiger partial charge in [-0.2, -0.15) is 8.78 Å². The molecule has 2 aliphatic heterocycles. The van der Waals surface area contributed by atoms with E-state index in [0.29, 0.717) is 25.3 Å². The fourth-order valence-electron chi connectivity index (χ4n) is 3.86. The number of carbonyl (C=O) groups excluding carboxylic acids is 1. The van der Waals surface area contributed by atoms with Crippen LogP contribution in [0.1, 0.15) is 42.5 Å². The smallest absolute Gasteiger partial charge is 0.387 e. The van der Waals surface area contributed by atoms with Gasteiger partial charge in [-0.05, 0) is 63.0 Å². The van der Waals surface area contributed by atoms with Crippen LogP contribution in [0.25, 0.3) is 0 Å². The standard InChI is InChI=1S/C19H26F2N2O3/c20-18(21)26-16-6-4-15(5-7-16)17(24)22-14-19(8-12-25-13-9-19)23-10-2-1-3-11-23/h4-7,18H,1-3,8-14H2,(H,22,24). The quantitative estimate of drug-likeness (QED) is 0.839. The van der Waals surface area contributed by atoms with Crippen LogP contribution in [0.3, 0.4) is 0 Å². The largest absolute Gasteiger partial charge is 0.435 e. The maximum Gasteiger partial charge on any atom is 0.387 e. The van der Waals surface area contributed by atoms with Crippen LogP contribution in [-0.4, -0.2) is 55.8 Å². The molecule has 0 bridgehead atoms. The minimum absolute atomic E-state index is 0.0470. The first-order valence-corrected chi connectivity index (χ1v) is 9.25. The van der Waals surface area contributed by atoms with Gasteiger partial charge in [0.15, 0.2) is 0 Å². The Hall–Kier alpha value is -1.73. The number of hydrogen-bond acceptors (Lipinski definition) is 4. The van der Waals surface area contributed by atoms with Crippen molar-refractivity contribution >= 4 is 5.91 Å². The summed E-state index contributed by atoms with van der Waals surface area (Å²) in [6.07, 6.45) is 5.48. The molecule has 144 valence electrons. The number of nitrogens with one attached hydrogen (secondary N) is 1. The lowest BCUT2D eigenvalue weighted by Crippen LogP contribution is -2.59. The Bertz CT molecular complexity index is 583. The highest BCUT2D eigenvalue weighted by Gasteiger charge is 2.39. The lowest BCUT2D eigenvalue weighted by molar-refractivity contribution is -0.0498. The lowest BCUT2D eigenvalue weighted by atomic mass is 9.86. The predicted octanol–water partition coefficient (Wildman–Crippen LogP) is 3.05. The van der Waals surface area contributed by atoms with Crippen molar-refractivity contribution in [2.75, 3.05) is 32.8 Å². The van der Waals surface area contributed by atoms with E-state index in [1.807, 2.05) is 0 Å². The summed E-state index contributed by atoms with van der Waals surface area (Å²) in [5.41, 5.74) is 0.389. The number of amides is 1. The number of halogens is 2. The molecule has 2 saturated heterocycles. The number of ether oxygens (including phenoxy) is 2. The van der Waals surface area contributed by atoms with E-state index < -0.39 is 6.61 Å². The van der Waals surface area contributed by atoms with Crippen LogP contribution < -0.4 is 10.1 Å². The molecule has 3 rings (SSSR count). The third-order valence-electron chi connectivity index (χ3n) is 5.37. The molecule has 1 aromatic rings. The summed E-state index contributed by atoms with van der Waals surface area (Å²) in [5.74, 6) is -0.151. The Morgan fingerprint density at radius 1 is 1.15 bits per heavy atom. The van der Waals surface area contributed by atoms with Crippen LogP contribution in [-0.2, 0) is 4.74 Å². The maximum atomic E-state index is 12.5. The topological polar surface area (TPSA) is 50.8 Å². The average molecular weight is 368 g/mol. The number of alkyl halides is 2. The SMILES string of the molecule is O=C(NCC1(N2CCCCC2)CCOCC1)c1ccc(OC(F)F)cc1. The molecule has 0 aliphatic carbocycles. The summed E-state index contributed by atoms with van der Waals surface area (Å²) < 4.78 is 34.3. The van der Waals surface area contributed by atoms with Crippen molar-refractivity contribution in [3.05, 3.63) is 29.8 Å². The van der Waals surface area contributed by atoms with Crippen LogP contribution in [0.5, 0.6) is 5.75 Å². The van der Waals surface area contributed by atoms with Crippen molar-refractivity contribution in [3.8, 4) is 5.75 Å². The second-order valence-corrected chi connectivity index (χ2v) is 6.97. The number of piperidine rings is 1. The Balaban J connectivity index is 1.61. The van der Waals surface area contributed by atoms with Crippen LogP contribution >= 0.6 is 0 Å². The number of benzene rings is 1. The molecule has 0 spiro atoms. The van der Waals surface area contributed by atoms with Crippen molar-refractivity contribution in [2.45, 2.75) is 44.3 Å². The maximum absolute atomic E-state index is 12.5. The van der Waals surface area contributed by atoms with Gasteiger partial charge < -0.3 is 14.8 Å². The highest BCUT2D eigenvalue weighted by Crippen LogP contribution is 2.30. The van der Waals surface area contributed by atoms with Crippen LogP contribution in [0.15, 0.2) is 24.3 Å². The van der Waals surface area contributed by atoms with E-state index >= 15 is 0 Å². The van der Waals surface area contributed by atoms with Crippen LogP contribution in [0.4, 0.5) is 8.78 Å². The Labute approximate surface area is 152 Å². The van der Waals surface area contributed by atoms with Crippen molar-refractivity contribution in [2.24, 2.45) is 0 Å². The Kier molecular flexibility index (Phi) is 6.43. The van der Waals surface area contributed by atoms with Crippen molar-refractivity contribution in [1.82, 2.24) is 10.2 Å². The van der Waals surface area contributed by atoms with Gasteiger partial charge in [0.05, 0.1) is 0 Å².